The fourth-order valence-corrected chi connectivity index (χ4v) is 2.44. The second-order valence-electron chi connectivity index (χ2n) is 4.94. The van der Waals surface area contributed by atoms with Crippen molar-refractivity contribution in [2.24, 2.45) is 0 Å². The Bertz CT molecular complexity index is 509. The lowest BCUT2D eigenvalue weighted by Gasteiger charge is -2.19. The molecule has 1 fully saturated rings. The maximum atomic E-state index is 6.04. The number of benzene rings is 2. The summed E-state index contributed by atoms with van der Waals surface area (Å²) < 4.78 is 11.9. The highest BCUT2D eigenvalue weighted by Crippen LogP contribution is 2.33. The van der Waals surface area contributed by atoms with Gasteiger partial charge < -0.3 is 9.47 Å². The van der Waals surface area contributed by atoms with Gasteiger partial charge in [-0.05, 0) is 11.1 Å². The van der Waals surface area contributed by atoms with Crippen molar-refractivity contribution in [2.45, 2.75) is 25.2 Å². The van der Waals surface area contributed by atoms with Crippen molar-refractivity contribution < 1.29 is 9.47 Å². The lowest BCUT2D eigenvalue weighted by molar-refractivity contribution is -0.0723. The Morgan fingerprint density at radius 2 is 1.58 bits per heavy atom. The molecule has 0 amide bonds. The van der Waals surface area contributed by atoms with Crippen LogP contribution in [0.25, 0.3) is 0 Å². The van der Waals surface area contributed by atoms with Crippen molar-refractivity contribution in [2.75, 3.05) is 6.61 Å². The van der Waals surface area contributed by atoms with Crippen LogP contribution in [0.15, 0.2) is 60.7 Å². The number of rotatable bonds is 3. The molecule has 0 bridgehead atoms. The molecule has 0 spiro atoms. The number of hydrogen-bond donors (Lipinski definition) is 0. The minimum absolute atomic E-state index is 0.0531. The zero-order chi connectivity index (χ0) is 13.1. The van der Waals surface area contributed by atoms with Crippen LogP contribution in [0.2, 0.25) is 0 Å². The molecule has 0 radical (unpaired) electrons. The van der Waals surface area contributed by atoms with Crippen LogP contribution >= 0.6 is 0 Å². The molecule has 0 unspecified atom stereocenters. The van der Waals surface area contributed by atoms with Gasteiger partial charge in [-0.3, -0.25) is 0 Å². The Balaban J connectivity index is 1.69. The third-order valence-corrected chi connectivity index (χ3v) is 3.62. The van der Waals surface area contributed by atoms with E-state index in [-0.39, 0.29) is 18.3 Å². The first-order valence-electron chi connectivity index (χ1n) is 6.71. The van der Waals surface area contributed by atoms with Crippen molar-refractivity contribution >= 4 is 0 Å². The predicted molar refractivity (Wildman–Crippen MR) is 74.9 cm³/mol. The van der Waals surface area contributed by atoms with Crippen LogP contribution in [0.3, 0.4) is 0 Å². The van der Waals surface area contributed by atoms with Gasteiger partial charge in [-0.25, -0.2) is 0 Å². The maximum absolute atomic E-state index is 6.04. The summed E-state index contributed by atoms with van der Waals surface area (Å²) in [6, 6.07) is 20.6. The third kappa shape index (κ3) is 2.70. The predicted octanol–water partition coefficient (Wildman–Crippen LogP) is 3.90. The third-order valence-electron chi connectivity index (χ3n) is 3.62. The van der Waals surface area contributed by atoms with E-state index >= 15 is 0 Å². The van der Waals surface area contributed by atoms with E-state index in [4.69, 9.17) is 9.47 Å². The van der Waals surface area contributed by atoms with Crippen LogP contribution in [0, 0.1) is 0 Å². The van der Waals surface area contributed by atoms with Crippen LogP contribution in [0.5, 0.6) is 0 Å². The van der Waals surface area contributed by atoms with E-state index in [2.05, 4.69) is 43.3 Å². The number of hydrogen-bond acceptors (Lipinski definition) is 2. The van der Waals surface area contributed by atoms with Gasteiger partial charge >= 0.3 is 0 Å². The molecular weight excluding hydrogens is 236 g/mol. The first-order chi connectivity index (χ1) is 9.34. The van der Waals surface area contributed by atoms with Crippen molar-refractivity contribution in [3.05, 3.63) is 71.8 Å². The minimum atomic E-state index is -0.160. The van der Waals surface area contributed by atoms with Crippen molar-refractivity contribution in [1.82, 2.24) is 0 Å². The molecule has 2 nitrogen and oxygen atoms in total. The molecule has 0 N–H and O–H groups in total. The Morgan fingerprint density at radius 3 is 2.26 bits per heavy atom. The largest absolute Gasteiger partial charge is 0.349 e. The summed E-state index contributed by atoms with van der Waals surface area (Å²) in [5.74, 6) is 0.245. The van der Waals surface area contributed by atoms with Gasteiger partial charge in [-0.1, -0.05) is 67.6 Å². The summed E-state index contributed by atoms with van der Waals surface area (Å²) in [7, 11) is 0. The van der Waals surface area contributed by atoms with Crippen LogP contribution in [0.1, 0.15) is 30.1 Å². The molecule has 2 heteroatoms. The molecular formula is C17H18O2. The molecule has 2 aromatic carbocycles. The normalized spacial score (nSPS) is 24.3. The van der Waals surface area contributed by atoms with Gasteiger partial charge in [0.2, 0.25) is 0 Å². The molecule has 1 aliphatic heterocycles. The maximum Gasteiger partial charge on any atom is 0.165 e. The summed E-state index contributed by atoms with van der Waals surface area (Å²) in [4.78, 5) is 0. The zero-order valence-corrected chi connectivity index (χ0v) is 11.0. The fourth-order valence-electron chi connectivity index (χ4n) is 2.44. The lowest BCUT2D eigenvalue weighted by Crippen LogP contribution is -2.17. The Labute approximate surface area is 114 Å². The Morgan fingerprint density at radius 1 is 0.947 bits per heavy atom. The summed E-state index contributed by atoms with van der Waals surface area (Å²) in [5.41, 5.74) is 2.44. The zero-order valence-electron chi connectivity index (χ0n) is 11.0. The highest BCUT2D eigenvalue weighted by Gasteiger charge is 2.31. The second-order valence-corrected chi connectivity index (χ2v) is 4.94. The second kappa shape index (κ2) is 5.55. The Hall–Kier alpha value is -1.64. The van der Waals surface area contributed by atoms with Crippen LogP contribution in [-0.2, 0) is 9.47 Å². The molecule has 1 aliphatic rings. The molecule has 0 aromatic heterocycles. The van der Waals surface area contributed by atoms with Crippen molar-refractivity contribution in [3.63, 3.8) is 0 Å². The average Bonchev–Trinajstić information content (AvgIpc) is 2.98. The molecule has 2 aromatic rings. The molecule has 0 aliphatic carbocycles. The summed E-state index contributed by atoms with van der Waals surface area (Å²) >= 11 is 0. The van der Waals surface area contributed by atoms with Crippen LogP contribution in [0.4, 0.5) is 0 Å². The van der Waals surface area contributed by atoms with Crippen molar-refractivity contribution in [1.29, 1.82) is 0 Å². The summed E-state index contributed by atoms with van der Waals surface area (Å²) in [6.45, 7) is 2.78. The smallest absolute Gasteiger partial charge is 0.165 e. The van der Waals surface area contributed by atoms with E-state index in [9.17, 15) is 0 Å². The van der Waals surface area contributed by atoms with Gasteiger partial charge in [0.25, 0.3) is 0 Å². The van der Waals surface area contributed by atoms with Crippen LogP contribution < -0.4 is 0 Å². The molecule has 0 saturated carbocycles. The van der Waals surface area contributed by atoms with E-state index in [1.807, 2.05) is 24.3 Å². The Kier molecular flexibility index (Phi) is 3.62. The van der Waals surface area contributed by atoms with E-state index in [0.717, 1.165) is 0 Å². The standard InChI is InChI=1S/C17H18O2/c1-13(14-8-4-2-5-9-14)17-18-12-16(19-17)15-10-6-3-7-11-15/h2-11,13,16-17H,12H2,1H3/t13-,16-,17-/m1/s1. The van der Waals surface area contributed by atoms with Gasteiger partial charge in [0.05, 0.1) is 6.61 Å². The van der Waals surface area contributed by atoms with Gasteiger partial charge in [-0.2, -0.15) is 0 Å². The van der Waals surface area contributed by atoms with E-state index in [1.165, 1.54) is 11.1 Å². The highest BCUT2D eigenvalue weighted by atomic mass is 16.7. The van der Waals surface area contributed by atoms with Crippen LogP contribution in [-0.4, -0.2) is 12.9 Å². The lowest BCUT2D eigenvalue weighted by atomic mass is 10.0. The van der Waals surface area contributed by atoms with Gasteiger partial charge in [0.1, 0.15) is 6.10 Å². The van der Waals surface area contributed by atoms with Gasteiger partial charge in [0.15, 0.2) is 6.29 Å². The van der Waals surface area contributed by atoms with Gasteiger partial charge in [-0.15, -0.1) is 0 Å². The average molecular weight is 254 g/mol. The molecule has 1 heterocycles. The number of ether oxygens (including phenoxy) is 2. The van der Waals surface area contributed by atoms with E-state index < -0.39 is 0 Å². The fraction of sp³-hybridized carbons (Fsp3) is 0.294. The van der Waals surface area contributed by atoms with E-state index in [1.54, 1.807) is 0 Å². The SMILES string of the molecule is C[C@H](c1ccccc1)[C@@H]1OC[C@H](c2ccccc2)O1. The molecule has 19 heavy (non-hydrogen) atoms. The summed E-state index contributed by atoms with van der Waals surface area (Å²) in [6.07, 6.45) is -0.107. The van der Waals surface area contributed by atoms with E-state index in [0.29, 0.717) is 6.61 Å². The molecule has 3 atom stereocenters. The van der Waals surface area contributed by atoms with Gasteiger partial charge in [0, 0.05) is 5.92 Å². The highest BCUT2D eigenvalue weighted by molar-refractivity contribution is 5.21. The monoisotopic (exact) mass is 254 g/mol. The molecule has 3 rings (SSSR count). The minimum Gasteiger partial charge on any atom is -0.349 e. The molecule has 98 valence electrons. The van der Waals surface area contributed by atoms with Crippen molar-refractivity contribution in [3.8, 4) is 0 Å². The first kappa shape index (κ1) is 12.4. The summed E-state index contributed by atoms with van der Waals surface area (Å²) in [5, 5.41) is 0. The topological polar surface area (TPSA) is 18.5 Å². The quantitative estimate of drug-likeness (QED) is 0.827. The first-order valence-corrected chi connectivity index (χ1v) is 6.71. The molecule has 1 saturated heterocycles.